The summed E-state index contributed by atoms with van der Waals surface area (Å²) in [6, 6.07) is 17.2. The van der Waals surface area contributed by atoms with Crippen molar-refractivity contribution < 1.29 is 19.4 Å². The van der Waals surface area contributed by atoms with Crippen molar-refractivity contribution in [1.82, 2.24) is 4.90 Å². The lowest BCUT2D eigenvalue weighted by Crippen LogP contribution is -2.40. The van der Waals surface area contributed by atoms with E-state index in [1.807, 2.05) is 54.6 Å². The Morgan fingerprint density at radius 2 is 1.72 bits per heavy atom. The molecule has 3 rings (SSSR count). The number of piperidine rings is 1. The van der Waals surface area contributed by atoms with Crippen molar-refractivity contribution in [3.8, 4) is 17.2 Å². The molecule has 1 fully saturated rings. The summed E-state index contributed by atoms with van der Waals surface area (Å²) in [5.74, 6) is 1.41. The second kappa shape index (κ2) is 8.53. The predicted molar refractivity (Wildman–Crippen MR) is 95.3 cm³/mol. The zero-order valence-corrected chi connectivity index (χ0v) is 14.1. The van der Waals surface area contributed by atoms with Gasteiger partial charge in [-0.1, -0.05) is 18.2 Å². The highest BCUT2D eigenvalue weighted by Crippen LogP contribution is 2.23. The SMILES string of the molecule is O=C(O)C1CCCN(CCOc2ccc(Oc3ccccc3)cc2)C1. The van der Waals surface area contributed by atoms with Crippen LogP contribution in [-0.2, 0) is 4.79 Å². The van der Waals surface area contributed by atoms with E-state index < -0.39 is 5.97 Å². The Labute approximate surface area is 147 Å². The quantitative estimate of drug-likeness (QED) is 0.833. The minimum atomic E-state index is -0.695. The van der Waals surface area contributed by atoms with Crippen molar-refractivity contribution in [3.63, 3.8) is 0 Å². The van der Waals surface area contributed by atoms with Gasteiger partial charge < -0.3 is 14.6 Å². The van der Waals surface area contributed by atoms with Gasteiger partial charge in [0.2, 0.25) is 0 Å². The van der Waals surface area contributed by atoms with E-state index in [0.717, 1.165) is 43.2 Å². The van der Waals surface area contributed by atoms with Crippen LogP contribution in [-0.4, -0.2) is 42.2 Å². The van der Waals surface area contributed by atoms with Gasteiger partial charge in [0.05, 0.1) is 5.92 Å². The number of aliphatic carboxylic acids is 1. The number of benzene rings is 2. The van der Waals surface area contributed by atoms with Crippen molar-refractivity contribution in [1.29, 1.82) is 0 Å². The fraction of sp³-hybridized carbons (Fsp3) is 0.350. The third-order valence-corrected chi connectivity index (χ3v) is 4.33. The highest BCUT2D eigenvalue weighted by atomic mass is 16.5. The molecule has 132 valence electrons. The topological polar surface area (TPSA) is 59.0 Å². The standard InChI is InChI=1S/C20H23NO4/c22-20(23)16-5-4-12-21(15-16)13-14-24-17-8-10-19(11-9-17)25-18-6-2-1-3-7-18/h1-3,6-11,16H,4-5,12-15H2,(H,22,23). The van der Waals surface area contributed by atoms with Crippen LogP contribution in [0.2, 0.25) is 0 Å². The fourth-order valence-electron chi connectivity index (χ4n) is 2.98. The molecule has 0 aliphatic carbocycles. The molecule has 0 radical (unpaired) electrons. The van der Waals surface area contributed by atoms with Gasteiger partial charge >= 0.3 is 5.97 Å². The van der Waals surface area contributed by atoms with Gasteiger partial charge in [0.25, 0.3) is 0 Å². The van der Waals surface area contributed by atoms with Crippen LogP contribution in [0, 0.1) is 5.92 Å². The summed E-state index contributed by atoms with van der Waals surface area (Å²) in [5, 5.41) is 9.12. The van der Waals surface area contributed by atoms with Gasteiger partial charge in [0.15, 0.2) is 0 Å². The lowest BCUT2D eigenvalue weighted by atomic mass is 9.98. The van der Waals surface area contributed by atoms with E-state index in [2.05, 4.69) is 4.90 Å². The summed E-state index contributed by atoms with van der Waals surface area (Å²) in [7, 11) is 0. The lowest BCUT2D eigenvalue weighted by Gasteiger charge is -2.30. The number of nitrogens with zero attached hydrogens (tertiary/aromatic N) is 1. The maximum atomic E-state index is 11.1. The molecule has 1 heterocycles. The predicted octanol–water partition coefficient (Wildman–Crippen LogP) is 3.65. The number of carbonyl (C=O) groups is 1. The van der Waals surface area contributed by atoms with Gasteiger partial charge in [-0.2, -0.15) is 0 Å². The van der Waals surface area contributed by atoms with Crippen LogP contribution in [0.25, 0.3) is 0 Å². The third-order valence-electron chi connectivity index (χ3n) is 4.33. The van der Waals surface area contributed by atoms with E-state index in [0.29, 0.717) is 13.2 Å². The van der Waals surface area contributed by atoms with Crippen LogP contribution in [0.15, 0.2) is 54.6 Å². The Balaban J connectivity index is 1.43. The summed E-state index contributed by atoms with van der Waals surface area (Å²) >= 11 is 0. The maximum Gasteiger partial charge on any atom is 0.307 e. The second-order valence-corrected chi connectivity index (χ2v) is 6.21. The fourth-order valence-corrected chi connectivity index (χ4v) is 2.98. The number of hydrogen-bond acceptors (Lipinski definition) is 4. The molecule has 0 bridgehead atoms. The summed E-state index contributed by atoms with van der Waals surface area (Å²) in [6.45, 7) is 2.84. The number of likely N-dealkylation sites (tertiary alicyclic amines) is 1. The highest BCUT2D eigenvalue weighted by Gasteiger charge is 2.24. The van der Waals surface area contributed by atoms with Crippen molar-refractivity contribution in [2.75, 3.05) is 26.2 Å². The van der Waals surface area contributed by atoms with E-state index in [1.165, 1.54) is 0 Å². The number of rotatable bonds is 7. The molecule has 1 aliphatic heterocycles. The maximum absolute atomic E-state index is 11.1. The molecule has 0 saturated carbocycles. The molecule has 5 nitrogen and oxygen atoms in total. The number of ether oxygens (including phenoxy) is 2. The minimum Gasteiger partial charge on any atom is -0.492 e. The first-order chi connectivity index (χ1) is 12.2. The van der Waals surface area contributed by atoms with Crippen molar-refractivity contribution in [2.24, 2.45) is 5.92 Å². The summed E-state index contributed by atoms with van der Waals surface area (Å²) < 4.78 is 11.5. The number of carboxylic acids is 1. The highest BCUT2D eigenvalue weighted by molar-refractivity contribution is 5.70. The van der Waals surface area contributed by atoms with Crippen molar-refractivity contribution in [2.45, 2.75) is 12.8 Å². The molecule has 1 aliphatic rings. The van der Waals surface area contributed by atoms with Crippen LogP contribution in [0.4, 0.5) is 0 Å². The molecule has 2 aromatic rings. The van der Waals surface area contributed by atoms with Crippen LogP contribution in [0.1, 0.15) is 12.8 Å². The number of carboxylic acid groups (broad SMARTS) is 1. The Morgan fingerprint density at radius 1 is 1.04 bits per heavy atom. The van der Waals surface area contributed by atoms with E-state index in [1.54, 1.807) is 0 Å². The molecule has 5 heteroatoms. The van der Waals surface area contributed by atoms with Crippen LogP contribution in [0.5, 0.6) is 17.2 Å². The molecular formula is C20H23NO4. The third kappa shape index (κ3) is 5.22. The second-order valence-electron chi connectivity index (χ2n) is 6.21. The van der Waals surface area contributed by atoms with Gasteiger partial charge in [0, 0.05) is 13.1 Å². The van der Waals surface area contributed by atoms with E-state index >= 15 is 0 Å². The van der Waals surface area contributed by atoms with Crippen LogP contribution >= 0.6 is 0 Å². The molecule has 1 atom stereocenters. The first-order valence-electron chi connectivity index (χ1n) is 8.61. The smallest absolute Gasteiger partial charge is 0.307 e. The summed E-state index contributed by atoms with van der Waals surface area (Å²) in [6.07, 6.45) is 1.71. The van der Waals surface area contributed by atoms with E-state index in [4.69, 9.17) is 14.6 Å². The molecule has 1 N–H and O–H groups in total. The van der Waals surface area contributed by atoms with Crippen molar-refractivity contribution >= 4 is 5.97 Å². The normalized spacial score (nSPS) is 17.8. The van der Waals surface area contributed by atoms with E-state index in [-0.39, 0.29) is 5.92 Å². The average molecular weight is 341 g/mol. The molecule has 1 unspecified atom stereocenters. The first-order valence-corrected chi connectivity index (χ1v) is 8.61. The molecular weight excluding hydrogens is 318 g/mol. The number of para-hydroxylation sites is 1. The Kier molecular flexibility index (Phi) is 5.90. The molecule has 25 heavy (non-hydrogen) atoms. The minimum absolute atomic E-state index is 0.247. The first kappa shape index (κ1) is 17.3. The Bertz CT molecular complexity index is 672. The Hall–Kier alpha value is -2.53. The zero-order chi connectivity index (χ0) is 17.5. The zero-order valence-electron chi connectivity index (χ0n) is 14.1. The van der Waals surface area contributed by atoms with Crippen molar-refractivity contribution in [3.05, 3.63) is 54.6 Å². The summed E-state index contributed by atoms with van der Waals surface area (Å²) in [4.78, 5) is 13.3. The van der Waals surface area contributed by atoms with Crippen LogP contribution < -0.4 is 9.47 Å². The molecule has 1 saturated heterocycles. The lowest BCUT2D eigenvalue weighted by molar-refractivity contribution is -0.143. The largest absolute Gasteiger partial charge is 0.492 e. The molecule has 2 aromatic carbocycles. The molecule has 0 amide bonds. The monoisotopic (exact) mass is 341 g/mol. The van der Waals surface area contributed by atoms with E-state index in [9.17, 15) is 4.79 Å². The van der Waals surface area contributed by atoms with Gasteiger partial charge in [-0.25, -0.2) is 0 Å². The number of hydrogen-bond donors (Lipinski definition) is 1. The van der Waals surface area contributed by atoms with Gasteiger partial charge in [-0.3, -0.25) is 9.69 Å². The molecule has 0 spiro atoms. The van der Waals surface area contributed by atoms with Gasteiger partial charge in [-0.15, -0.1) is 0 Å². The van der Waals surface area contributed by atoms with Crippen LogP contribution in [0.3, 0.4) is 0 Å². The molecule has 0 aromatic heterocycles. The van der Waals surface area contributed by atoms with Gasteiger partial charge in [-0.05, 0) is 55.8 Å². The van der Waals surface area contributed by atoms with Gasteiger partial charge in [0.1, 0.15) is 23.9 Å². The average Bonchev–Trinajstić information content (AvgIpc) is 2.64. The summed E-state index contributed by atoms with van der Waals surface area (Å²) in [5.41, 5.74) is 0. The Morgan fingerprint density at radius 3 is 2.44 bits per heavy atom.